The van der Waals surface area contributed by atoms with Crippen molar-refractivity contribution in [3.63, 3.8) is 0 Å². The molecule has 0 amide bonds. The van der Waals surface area contributed by atoms with Crippen molar-refractivity contribution < 1.29 is 8.42 Å². The molecule has 2 unspecified atom stereocenters. The Balaban J connectivity index is 1.99. The van der Waals surface area contributed by atoms with Gasteiger partial charge in [-0.25, -0.2) is 13.1 Å². The SMILES string of the molecule is CCC(C)CC(C)NS(=O)(=O)c1[nH]ncc1CNC1CC1. The van der Waals surface area contributed by atoms with Crippen molar-refractivity contribution in [2.45, 2.75) is 70.1 Å². The molecule has 7 heteroatoms. The number of aromatic nitrogens is 2. The van der Waals surface area contributed by atoms with E-state index in [1.165, 1.54) is 12.8 Å². The van der Waals surface area contributed by atoms with Crippen molar-refractivity contribution >= 4 is 10.0 Å². The van der Waals surface area contributed by atoms with Crippen LogP contribution in [-0.4, -0.2) is 30.7 Å². The van der Waals surface area contributed by atoms with Crippen molar-refractivity contribution in [2.75, 3.05) is 0 Å². The summed E-state index contributed by atoms with van der Waals surface area (Å²) in [6, 6.07) is 0.449. The molecule has 21 heavy (non-hydrogen) atoms. The number of rotatable bonds is 9. The number of hydrogen-bond donors (Lipinski definition) is 3. The minimum absolute atomic E-state index is 0.0857. The van der Waals surface area contributed by atoms with Gasteiger partial charge in [0.2, 0.25) is 0 Å². The standard InChI is InChI=1S/C14H26N4O2S/c1-4-10(2)7-11(3)18-21(19,20)14-12(9-16-17-14)8-15-13-5-6-13/h9-11,13,15,18H,4-8H2,1-3H3,(H,16,17). The topological polar surface area (TPSA) is 86.9 Å². The molecule has 0 saturated heterocycles. The summed E-state index contributed by atoms with van der Waals surface area (Å²) in [5.74, 6) is 0.500. The number of hydrogen-bond acceptors (Lipinski definition) is 4. The second-order valence-electron chi connectivity index (χ2n) is 6.15. The highest BCUT2D eigenvalue weighted by Gasteiger charge is 2.25. The molecule has 0 aliphatic heterocycles. The van der Waals surface area contributed by atoms with Crippen molar-refractivity contribution in [2.24, 2.45) is 5.92 Å². The Morgan fingerprint density at radius 2 is 2.14 bits per heavy atom. The Labute approximate surface area is 127 Å². The smallest absolute Gasteiger partial charge is 0.258 e. The van der Waals surface area contributed by atoms with E-state index in [9.17, 15) is 8.42 Å². The predicted molar refractivity (Wildman–Crippen MR) is 82.3 cm³/mol. The molecule has 2 rings (SSSR count). The van der Waals surface area contributed by atoms with Crippen LogP contribution in [0.3, 0.4) is 0 Å². The van der Waals surface area contributed by atoms with E-state index < -0.39 is 10.0 Å². The summed E-state index contributed by atoms with van der Waals surface area (Å²) in [7, 11) is -3.54. The summed E-state index contributed by atoms with van der Waals surface area (Å²) >= 11 is 0. The monoisotopic (exact) mass is 314 g/mol. The minimum Gasteiger partial charge on any atom is -0.310 e. The van der Waals surface area contributed by atoms with Gasteiger partial charge >= 0.3 is 0 Å². The van der Waals surface area contributed by atoms with Crippen molar-refractivity contribution in [3.8, 4) is 0 Å². The molecule has 1 fully saturated rings. The first kappa shape index (κ1) is 16.5. The van der Waals surface area contributed by atoms with E-state index in [-0.39, 0.29) is 11.1 Å². The Bertz CT molecular complexity index is 551. The maximum atomic E-state index is 12.4. The number of nitrogens with one attached hydrogen (secondary N) is 3. The van der Waals surface area contributed by atoms with Gasteiger partial charge in [-0.2, -0.15) is 5.10 Å². The molecule has 2 atom stereocenters. The van der Waals surface area contributed by atoms with Gasteiger partial charge in [-0.05, 0) is 32.1 Å². The molecule has 1 aromatic rings. The maximum absolute atomic E-state index is 12.4. The fourth-order valence-electron chi connectivity index (χ4n) is 2.34. The highest BCUT2D eigenvalue weighted by molar-refractivity contribution is 7.89. The van der Waals surface area contributed by atoms with E-state index in [0.29, 0.717) is 24.1 Å². The zero-order valence-corrected chi connectivity index (χ0v) is 13.8. The van der Waals surface area contributed by atoms with Crippen LogP contribution in [0.1, 0.15) is 52.0 Å². The number of nitrogens with zero attached hydrogens (tertiary/aromatic N) is 1. The highest BCUT2D eigenvalue weighted by Crippen LogP contribution is 2.21. The molecule has 1 aromatic heterocycles. The van der Waals surface area contributed by atoms with Crippen LogP contribution in [0.2, 0.25) is 0 Å². The van der Waals surface area contributed by atoms with Crippen molar-refractivity contribution in [1.82, 2.24) is 20.2 Å². The first-order chi connectivity index (χ1) is 9.92. The van der Waals surface area contributed by atoms with Crippen LogP contribution in [0.25, 0.3) is 0 Å². The van der Waals surface area contributed by atoms with Crippen LogP contribution in [0.5, 0.6) is 0 Å². The van der Waals surface area contributed by atoms with Gasteiger partial charge in [0, 0.05) is 24.2 Å². The molecule has 1 aliphatic carbocycles. The van der Waals surface area contributed by atoms with E-state index in [4.69, 9.17) is 0 Å². The molecule has 3 N–H and O–H groups in total. The maximum Gasteiger partial charge on any atom is 0.258 e. The highest BCUT2D eigenvalue weighted by atomic mass is 32.2. The third kappa shape index (κ3) is 4.79. The molecule has 0 aromatic carbocycles. The third-order valence-electron chi connectivity index (χ3n) is 3.91. The molecule has 0 radical (unpaired) electrons. The fourth-order valence-corrected chi connectivity index (χ4v) is 3.73. The quantitative estimate of drug-likeness (QED) is 0.648. The van der Waals surface area contributed by atoms with Crippen LogP contribution in [-0.2, 0) is 16.6 Å². The van der Waals surface area contributed by atoms with Gasteiger partial charge < -0.3 is 5.32 Å². The second-order valence-corrected chi connectivity index (χ2v) is 7.80. The zero-order valence-electron chi connectivity index (χ0n) is 13.0. The predicted octanol–water partition coefficient (Wildman–Crippen LogP) is 1.76. The zero-order chi connectivity index (χ0) is 15.5. The van der Waals surface area contributed by atoms with E-state index in [1.807, 2.05) is 6.92 Å². The first-order valence-corrected chi connectivity index (χ1v) is 9.18. The number of sulfonamides is 1. The number of H-pyrrole nitrogens is 1. The molecular formula is C14H26N4O2S. The Kier molecular flexibility index (Phi) is 5.40. The summed E-state index contributed by atoms with van der Waals surface area (Å²) in [5, 5.41) is 10.0. The van der Waals surface area contributed by atoms with Gasteiger partial charge in [0.25, 0.3) is 10.0 Å². The summed E-state index contributed by atoms with van der Waals surface area (Å²) < 4.78 is 27.6. The Hall–Kier alpha value is -0.920. The first-order valence-electron chi connectivity index (χ1n) is 7.70. The summed E-state index contributed by atoms with van der Waals surface area (Å²) in [6.45, 7) is 6.69. The molecule has 0 bridgehead atoms. The molecule has 1 saturated carbocycles. The number of aromatic amines is 1. The average molecular weight is 314 g/mol. The van der Waals surface area contributed by atoms with Crippen LogP contribution in [0.15, 0.2) is 11.2 Å². The van der Waals surface area contributed by atoms with E-state index in [0.717, 1.165) is 12.8 Å². The molecule has 6 nitrogen and oxygen atoms in total. The average Bonchev–Trinajstić information content (AvgIpc) is 3.11. The molecular weight excluding hydrogens is 288 g/mol. The van der Waals surface area contributed by atoms with Gasteiger partial charge in [0.15, 0.2) is 5.03 Å². The van der Waals surface area contributed by atoms with Crippen molar-refractivity contribution in [1.29, 1.82) is 0 Å². The lowest BCUT2D eigenvalue weighted by Crippen LogP contribution is -2.34. The molecule has 1 aliphatic rings. The van der Waals surface area contributed by atoms with Crippen LogP contribution in [0, 0.1) is 5.92 Å². The normalized spacial score (nSPS) is 18.6. The van der Waals surface area contributed by atoms with Gasteiger partial charge in [-0.15, -0.1) is 0 Å². The minimum atomic E-state index is -3.54. The van der Waals surface area contributed by atoms with Gasteiger partial charge in [-0.1, -0.05) is 20.3 Å². The van der Waals surface area contributed by atoms with E-state index in [1.54, 1.807) is 6.20 Å². The summed E-state index contributed by atoms with van der Waals surface area (Å²) in [5.41, 5.74) is 0.699. The summed E-state index contributed by atoms with van der Waals surface area (Å²) in [6.07, 6.45) is 5.81. The van der Waals surface area contributed by atoms with Gasteiger partial charge in [0.05, 0.1) is 6.20 Å². The van der Waals surface area contributed by atoms with Crippen LogP contribution < -0.4 is 10.0 Å². The molecule has 120 valence electrons. The summed E-state index contributed by atoms with van der Waals surface area (Å²) in [4.78, 5) is 0. The fraction of sp³-hybridized carbons (Fsp3) is 0.786. The van der Waals surface area contributed by atoms with Gasteiger partial charge in [-0.3, -0.25) is 5.10 Å². The second kappa shape index (κ2) is 6.89. The van der Waals surface area contributed by atoms with E-state index in [2.05, 4.69) is 34.1 Å². The largest absolute Gasteiger partial charge is 0.310 e. The Morgan fingerprint density at radius 1 is 1.43 bits per heavy atom. The lowest BCUT2D eigenvalue weighted by atomic mass is 10.0. The van der Waals surface area contributed by atoms with Gasteiger partial charge in [0.1, 0.15) is 0 Å². The van der Waals surface area contributed by atoms with Crippen LogP contribution in [0.4, 0.5) is 0 Å². The van der Waals surface area contributed by atoms with Crippen molar-refractivity contribution in [3.05, 3.63) is 11.8 Å². The third-order valence-corrected chi connectivity index (χ3v) is 5.52. The Morgan fingerprint density at radius 3 is 2.76 bits per heavy atom. The lowest BCUT2D eigenvalue weighted by molar-refractivity contribution is 0.444. The molecule has 1 heterocycles. The molecule has 0 spiro atoms. The van der Waals surface area contributed by atoms with E-state index >= 15 is 0 Å². The van der Waals surface area contributed by atoms with Crippen LogP contribution >= 0.6 is 0 Å². The lowest BCUT2D eigenvalue weighted by Gasteiger charge is -2.17.